The van der Waals surface area contributed by atoms with Crippen LogP contribution in [0.15, 0.2) is 54.9 Å². The lowest BCUT2D eigenvalue weighted by Gasteiger charge is -2.14. The number of ether oxygens (including phenoxy) is 1. The summed E-state index contributed by atoms with van der Waals surface area (Å²) in [5, 5.41) is 9.71. The van der Waals surface area contributed by atoms with Crippen molar-refractivity contribution >= 4 is 17.2 Å². The van der Waals surface area contributed by atoms with Gasteiger partial charge in [0.15, 0.2) is 11.5 Å². The summed E-state index contributed by atoms with van der Waals surface area (Å²) in [6, 6.07) is 13.2. The number of methoxy groups -OCH3 is 1. The van der Waals surface area contributed by atoms with Crippen molar-refractivity contribution in [1.82, 2.24) is 4.98 Å². The van der Waals surface area contributed by atoms with Crippen LogP contribution in [0.3, 0.4) is 0 Å². The Kier molecular flexibility index (Phi) is 6.08. The zero-order valence-electron chi connectivity index (χ0n) is 15.1. The highest BCUT2D eigenvalue weighted by Crippen LogP contribution is 2.30. The first kappa shape index (κ1) is 18.9. The van der Waals surface area contributed by atoms with Crippen LogP contribution < -0.4 is 10.5 Å². The Bertz CT molecular complexity index is 909. The molecule has 0 bridgehead atoms. The number of nitrogens with two attached hydrogens (primary N) is 1. The molecule has 0 fully saturated rings. The standard InChI is InChI=1S/C21H22N2O3S/c1-26-19-12-14(4-8-18(19)24)11-15(21(22)25)5-6-17-7-9-20(27-17)16-3-2-10-23-13-16/h2-4,7-10,12-13,15,24H,5-6,11H2,1H3,(H2,22,25). The van der Waals surface area contributed by atoms with Crippen molar-refractivity contribution < 1.29 is 14.6 Å². The maximum Gasteiger partial charge on any atom is 0.220 e. The zero-order valence-corrected chi connectivity index (χ0v) is 15.9. The van der Waals surface area contributed by atoms with Gasteiger partial charge in [-0.05, 0) is 55.2 Å². The Morgan fingerprint density at radius 1 is 1.30 bits per heavy atom. The van der Waals surface area contributed by atoms with Gasteiger partial charge in [0.2, 0.25) is 5.91 Å². The predicted octanol–water partition coefficient (Wildman–Crippen LogP) is 3.80. The van der Waals surface area contributed by atoms with Gasteiger partial charge in [-0.2, -0.15) is 0 Å². The number of nitrogens with zero attached hydrogens (tertiary/aromatic N) is 1. The van der Waals surface area contributed by atoms with Gasteiger partial charge in [0.05, 0.1) is 7.11 Å². The number of aromatic nitrogens is 1. The minimum atomic E-state index is -0.314. The smallest absolute Gasteiger partial charge is 0.220 e. The van der Waals surface area contributed by atoms with E-state index >= 15 is 0 Å². The maximum atomic E-state index is 11.9. The van der Waals surface area contributed by atoms with Crippen molar-refractivity contribution in [1.29, 1.82) is 0 Å². The second-order valence-corrected chi connectivity index (χ2v) is 7.52. The van der Waals surface area contributed by atoms with E-state index in [1.54, 1.807) is 35.7 Å². The normalized spacial score (nSPS) is 11.9. The fourth-order valence-corrected chi connectivity index (χ4v) is 3.98. The second kappa shape index (κ2) is 8.68. The van der Waals surface area contributed by atoms with E-state index in [0.717, 1.165) is 22.4 Å². The van der Waals surface area contributed by atoms with Gasteiger partial charge >= 0.3 is 0 Å². The average molecular weight is 382 g/mol. The molecular formula is C21H22N2O3S. The fraction of sp³-hybridized carbons (Fsp3) is 0.238. The van der Waals surface area contributed by atoms with E-state index in [1.165, 1.54) is 12.0 Å². The molecule has 3 rings (SSSR count). The number of carbonyl (C=O) groups is 1. The first-order valence-electron chi connectivity index (χ1n) is 8.71. The van der Waals surface area contributed by atoms with Gasteiger partial charge in [-0.1, -0.05) is 12.1 Å². The number of phenols is 1. The molecule has 2 aromatic heterocycles. The topological polar surface area (TPSA) is 85.4 Å². The number of aromatic hydroxyl groups is 1. The number of aryl methyl sites for hydroxylation is 1. The van der Waals surface area contributed by atoms with Gasteiger partial charge in [0.1, 0.15) is 0 Å². The Hall–Kier alpha value is -2.86. The number of amides is 1. The molecule has 3 N–H and O–H groups in total. The third kappa shape index (κ3) is 4.86. The average Bonchev–Trinajstić information content (AvgIpc) is 3.16. The van der Waals surface area contributed by atoms with E-state index < -0.39 is 0 Å². The number of phenolic OH excluding ortho intramolecular Hbond substituents is 1. The van der Waals surface area contributed by atoms with Crippen LogP contribution in [0.25, 0.3) is 10.4 Å². The van der Waals surface area contributed by atoms with Gasteiger partial charge in [0, 0.05) is 33.6 Å². The number of hydrogen-bond donors (Lipinski definition) is 2. The number of primary amides is 1. The van der Waals surface area contributed by atoms with Crippen LogP contribution in [0.4, 0.5) is 0 Å². The van der Waals surface area contributed by atoms with E-state index in [0.29, 0.717) is 18.6 Å². The zero-order chi connectivity index (χ0) is 19.2. The summed E-state index contributed by atoms with van der Waals surface area (Å²) in [6.45, 7) is 0. The minimum absolute atomic E-state index is 0.0818. The molecule has 140 valence electrons. The quantitative estimate of drug-likeness (QED) is 0.620. The molecule has 0 aliphatic heterocycles. The number of rotatable bonds is 8. The summed E-state index contributed by atoms with van der Waals surface area (Å²) in [7, 11) is 1.50. The van der Waals surface area contributed by atoms with Gasteiger partial charge in [-0.15, -0.1) is 11.3 Å². The molecular weight excluding hydrogens is 360 g/mol. The van der Waals surface area contributed by atoms with Crippen LogP contribution in [0.1, 0.15) is 16.9 Å². The van der Waals surface area contributed by atoms with Gasteiger partial charge in [0.25, 0.3) is 0 Å². The van der Waals surface area contributed by atoms with E-state index in [2.05, 4.69) is 17.1 Å². The van der Waals surface area contributed by atoms with E-state index in [9.17, 15) is 9.90 Å². The van der Waals surface area contributed by atoms with Crippen molar-refractivity contribution in [3.8, 4) is 21.9 Å². The van der Waals surface area contributed by atoms with Crippen molar-refractivity contribution in [2.24, 2.45) is 11.7 Å². The van der Waals surface area contributed by atoms with Crippen LogP contribution >= 0.6 is 11.3 Å². The van der Waals surface area contributed by atoms with E-state index in [4.69, 9.17) is 10.5 Å². The molecule has 6 heteroatoms. The van der Waals surface area contributed by atoms with E-state index in [-0.39, 0.29) is 17.6 Å². The summed E-state index contributed by atoms with van der Waals surface area (Å²) in [5.74, 6) is -0.109. The fourth-order valence-electron chi connectivity index (χ4n) is 2.97. The Labute approximate surface area is 162 Å². The van der Waals surface area contributed by atoms with Crippen LogP contribution in [0.2, 0.25) is 0 Å². The molecule has 3 aromatic rings. The number of benzene rings is 1. The Morgan fingerprint density at radius 2 is 2.15 bits per heavy atom. The Morgan fingerprint density at radius 3 is 2.85 bits per heavy atom. The highest BCUT2D eigenvalue weighted by molar-refractivity contribution is 7.15. The lowest BCUT2D eigenvalue weighted by atomic mass is 9.93. The molecule has 27 heavy (non-hydrogen) atoms. The SMILES string of the molecule is COc1cc(CC(CCc2ccc(-c3cccnc3)s2)C(N)=O)ccc1O. The van der Waals surface area contributed by atoms with Crippen molar-refractivity contribution in [2.45, 2.75) is 19.3 Å². The summed E-state index contributed by atoms with van der Waals surface area (Å²) < 4.78 is 5.13. The van der Waals surface area contributed by atoms with Gasteiger partial charge < -0.3 is 15.6 Å². The molecule has 0 aliphatic rings. The molecule has 0 saturated carbocycles. The van der Waals surface area contributed by atoms with Crippen LogP contribution in [0.5, 0.6) is 11.5 Å². The van der Waals surface area contributed by atoms with Crippen LogP contribution in [0, 0.1) is 5.92 Å². The molecule has 0 radical (unpaired) electrons. The van der Waals surface area contributed by atoms with Crippen molar-refractivity contribution in [3.05, 3.63) is 65.3 Å². The predicted molar refractivity (Wildman–Crippen MR) is 107 cm³/mol. The number of hydrogen-bond acceptors (Lipinski definition) is 5. The summed E-state index contributed by atoms with van der Waals surface area (Å²) >= 11 is 1.71. The van der Waals surface area contributed by atoms with Gasteiger partial charge in [-0.25, -0.2) is 0 Å². The highest BCUT2D eigenvalue weighted by atomic mass is 32.1. The Balaban J connectivity index is 1.65. The molecule has 1 unspecified atom stereocenters. The monoisotopic (exact) mass is 382 g/mol. The van der Waals surface area contributed by atoms with Crippen molar-refractivity contribution in [2.75, 3.05) is 7.11 Å². The molecule has 0 spiro atoms. The largest absolute Gasteiger partial charge is 0.504 e. The lowest BCUT2D eigenvalue weighted by molar-refractivity contribution is -0.121. The van der Waals surface area contributed by atoms with Crippen LogP contribution in [-0.2, 0) is 17.6 Å². The summed E-state index contributed by atoms with van der Waals surface area (Å²) in [4.78, 5) is 18.4. The number of carbonyl (C=O) groups excluding carboxylic acids is 1. The second-order valence-electron chi connectivity index (χ2n) is 6.36. The third-order valence-corrected chi connectivity index (χ3v) is 5.67. The molecule has 0 saturated heterocycles. The molecule has 5 nitrogen and oxygen atoms in total. The first-order chi connectivity index (χ1) is 13.1. The summed E-state index contributed by atoms with van der Waals surface area (Å²) in [6.07, 6.45) is 5.58. The van der Waals surface area contributed by atoms with Crippen molar-refractivity contribution in [3.63, 3.8) is 0 Å². The molecule has 1 aromatic carbocycles. The lowest BCUT2D eigenvalue weighted by Crippen LogP contribution is -2.25. The molecule has 1 amide bonds. The van der Waals surface area contributed by atoms with E-state index in [1.807, 2.05) is 18.3 Å². The third-order valence-electron chi connectivity index (χ3n) is 4.48. The minimum Gasteiger partial charge on any atom is -0.504 e. The maximum absolute atomic E-state index is 11.9. The van der Waals surface area contributed by atoms with Crippen LogP contribution in [-0.4, -0.2) is 23.1 Å². The number of pyridine rings is 1. The van der Waals surface area contributed by atoms with Gasteiger partial charge in [-0.3, -0.25) is 9.78 Å². The highest BCUT2D eigenvalue weighted by Gasteiger charge is 2.18. The summed E-state index contributed by atoms with van der Waals surface area (Å²) in [5.41, 5.74) is 7.63. The molecule has 0 aliphatic carbocycles. The number of thiophene rings is 1. The molecule has 1 atom stereocenters. The molecule has 2 heterocycles. The first-order valence-corrected chi connectivity index (χ1v) is 9.52.